The van der Waals surface area contributed by atoms with Crippen molar-refractivity contribution in [1.82, 2.24) is 0 Å². The Balaban J connectivity index is 2.20. The maximum absolute atomic E-state index is 6.03. The summed E-state index contributed by atoms with van der Waals surface area (Å²) in [5, 5.41) is 0.841. The molecule has 1 aliphatic rings. The average Bonchev–Trinajstić information content (AvgIpc) is 2.29. The highest BCUT2D eigenvalue weighted by molar-refractivity contribution is 6.30. The molecule has 0 saturated carbocycles. The van der Waals surface area contributed by atoms with Crippen molar-refractivity contribution in [2.75, 3.05) is 11.4 Å². The first-order valence-electron chi connectivity index (χ1n) is 5.83. The molecule has 1 saturated heterocycles. The van der Waals surface area contributed by atoms with E-state index < -0.39 is 0 Å². The number of piperidine rings is 1. The molecule has 1 aliphatic heterocycles. The first kappa shape index (κ1) is 10.8. The zero-order valence-electron chi connectivity index (χ0n) is 9.25. The van der Waals surface area contributed by atoms with Gasteiger partial charge in [-0.3, -0.25) is 0 Å². The lowest BCUT2D eigenvalue weighted by Crippen LogP contribution is -2.39. The van der Waals surface area contributed by atoms with Gasteiger partial charge in [0.15, 0.2) is 0 Å². The van der Waals surface area contributed by atoms with E-state index in [1.165, 1.54) is 37.9 Å². The van der Waals surface area contributed by atoms with Crippen molar-refractivity contribution in [1.29, 1.82) is 0 Å². The predicted octanol–water partition coefficient (Wildman–Crippen LogP) is 4.11. The summed E-state index contributed by atoms with van der Waals surface area (Å²) in [7, 11) is 0. The van der Waals surface area contributed by atoms with Gasteiger partial charge in [-0.1, -0.05) is 24.6 Å². The van der Waals surface area contributed by atoms with Crippen molar-refractivity contribution < 1.29 is 0 Å². The molecule has 0 amide bonds. The van der Waals surface area contributed by atoms with Crippen LogP contribution in [0.3, 0.4) is 0 Å². The molecule has 2 heteroatoms. The van der Waals surface area contributed by atoms with Gasteiger partial charge < -0.3 is 4.90 Å². The summed E-state index contributed by atoms with van der Waals surface area (Å²) in [6.45, 7) is 3.45. The van der Waals surface area contributed by atoms with Crippen LogP contribution in [0.4, 0.5) is 5.69 Å². The lowest BCUT2D eigenvalue weighted by atomic mass is 9.99. The number of benzene rings is 1. The fourth-order valence-corrected chi connectivity index (χ4v) is 2.60. The topological polar surface area (TPSA) is 3.24 Å². The van der Waals surface area contributed by atoms with Gasteiger partial charge in [-0.25, -0.2) is 0 Å². The van der Waals surface area contributed by atoms with Gasteiger partial charge in [-0.2, -0.15) is 0 Å². The van der Waals surface area contributed by atoms with Crippen LogP contribution < -0.4 is 4.90 Å². The first-order chi connectivity index (χ1) is 7.31. The third kappa shape index (κ3) is 2.46. The minimum absolute atomic E-state index is 0.706. The number of rotatable bonds is 2. The third-order valence-electron chi connectivity index (χ3n) is 3.24. The van der Waals surface area contributed by atoms with E-state index in [1.807, 2.05) is 12.1 Å². The van der Waals surface area contributed by atoms with E-state index in [1.54, 1.807) is 0 Å². The van der Waals surface area contributed by atoms with Crippen molar-refractivity contribution >= 4 is 17.3 Å². The van der Waals surface area contributed by atoms with Gasteiger partial charge in [0.2, 0.25) is 0 Å². The normalized spacial score (nSPS) is 21.7. The molecule has 1 aromatic rings. The summed E-state index contributed by atoms with van der Waals surface area (Å²) >= 11 is 6.03. The molecule has 15 heavy (non-hydrogen) atoms. The molecule has 2 rings (SSSR count). The maximum Gasteiger partial charge on any atom is 0.0426 e. The van der Waals surface area contributed by atoms with E-state index in [0.29, 0.717) is 6.04 Å². The fraction of sp³-hybridized carbons (Fsp3) is 0.538. The lowest BCUT2D eigenvalue weighted by molar-refractivity contribution is 0.450. The number of hydrogen-bond acceptors (Lipinski definition) is 1. The average molecular weight is 224 g/mol. The SMILES string of the molecule is CC[C@H]1CCCCN1c1cccc(Cl)c1. The maximum atomic E-state index is 6.03. The standard InChI is InChI=1S/C13H18ClN/c1-2-12-7-3-4-9-15(12)13-8-5-6-11(14)10-13/h5-6,8,10,12H,2-4,7,9H2,1H3/t12-/m0/s1. The molecule has 0 spiro atoms. The Morgan fingerprint density at radius 1 is 1.40 bits per heavy atom. The monoisotopic (exact) mass is 223 g/mol. The molecule has 1 heterocycles. The second kappa shape index (κ2) is 4.89. The minimum atomic E-state index is 0.706. The summed E-state index contributed by atoms with van der Waals surface area (Å²) in [4.78, 5) is 2.51. The molecule has 0 bridgehead atoms. The fourth-order valence-electron chi connectivity index (χ4n) is 2.42. The quantitative estimate of drug-likeness (QED) is 0.730. The molecule has 1 aromatic carbocycles. The highest BCUT2D eigenvalue weighted by atomic mass is 35.5. The minimum Gasteiger partial charge on any atom is -0.369 e. The van der Waals surface area contributed by atoms with Crippen LogP contribution in [-0.4, -0.2) is 12.6 Å². The number of anilines is 1. The Bertz CT molecular complexity index is 324. The predicted molar refractivity (Wildman–Crippen MR) is 66.7 cm³/mol. The zero-order valence-corrected chi connectivity index (χ0v) is 10.0. The number of halogens is 1. The summed E-state index contributed by atoms with van der Waals surface area (Å²) in [6, 6.07) is 8.93. The van der Waals surface area contributed by atoms with Gasteiger partial charge >= 0.3 is 0 Å². The van der Waals surface area contributed by atoms with Gasteiger partial charge in [0.05, 0.1) is 0 Å². The zero-order chi connectivity index (χ0) is 10.7. The van der Waals surface area contributed by atoms with Gasteiger partial charge in [0.25, 0.3) is 0 Å². The van der Waals surface area contributed by atoms with E-state index in [9.17, 15) is 0 Å². The van der Waals surface area contributed by atoms with E-state index in [4.69, 9.17) is 11.6 Å². The van der Waals surface area contributed by atoms with Gasteiger partial charge in [0, 0.05) is 23.3 Å². The second-order valence-electron chi connectivity index (χ2n) is 4.23. The van der Waals surface area contributed by atoms with E-state index in [0.717, 1.165) is 5.02 Å². The van der Waals surface area contributed by atoms with Crippen LogP contribution in [0.5, 0.6) is 0 Å². The molecule has 0 unspecified atom stereocenters. The molecule has 1 atom stereocenters. The highest BCUT2D eigenvalue weighted by Crippen LogP contribution is 2.28. The van der Waals surface area contributed by atoms with E-state index in [2.05, 4.69) is 24.0 Å². The molecule has 0 radical (unpaired) electrons. The van der Waals surface area contributed by atoms with Crippen LogP contribution >= 0.6 is 11.6 Å². The molecule has 0 N–H and O–H groups in total. The Morgan fingerprint density at radius 2 is 2.27 bits per heavy atom. The molecule has 1 fully saturated rings. The van der Waals surface area contributed by atoms with Crippen LogP contribution in [0.2, 0.25) is 5.02 Å². The van der Waals surface area contributed by atoms with Crippen LogP contribution in [0.15, 0.2) is 24.3 Å². The Hall–Kier alpha value is -0.690. The van der Waals surface area contributed by atoms with Crippen LogP contribution in [-0.2, 0) is 0 Å². The second-order valence-corrected chi connectivity index (χ2v) is 4.67. The third-order valence-corrected chi connectivity index (χ3v) is 3.47. The van der Waals surface area contributed by atoms with Crippen molar-refractivity contribution in [3.8, 4) is 0 Å². The van der Waals surface area contributed by atoms with E-state index in [-0.39, 0.29) is 0 Å². The van der Waals surface area contributed by atoms with Gasteiger partial charge in [-0.05, 0) is 43.9 Å². The summed E-state index contributed by atoms with van der Waals surface area (Å²) in [6.07, 6.45) is 5.23. The molecule has 82 valence electrons. The van der Waals surface area contributed by atoms with Crippen LogP contribution in [0.1, 0.15) is 32.6 Å². The highest BCUT2D eigenvalue weighted by Gasteiger charge is 2.20. The van der Waals surface area contributed by atoms with Crippen LogP contribution in [0, 0.1) is 0 Å². The Labute approximate surface area is 97.0 Å². The van der Waals surface area contributed by atoms with Crippen molar-refractivity contribution in [3.63, 3.8) is 0 Å². The Kier molecular flexibility index (Phi) is 3.53. The Morgan fingerprint density at radius 3 is 3.00 bits per heavy atom. The van der Waals surface area contributed by atoms with Crippen molar-refractivity contribution in [2.24, 2.45) is 0 Å². The molecule has 1 nitrogen and oxygen atoms in total. The van der Waals surface area contributed by atoms with Gasteiger partial charge in [-0.15, -0.1) is 0 Å². The molecular weight excluding hydrogens is 206 g/mol. The van der Waals surface area contributed by atoms with Crippen LogP contribution in [0.25, 0.3) is 0 Å². The number of nitrogens with zero attached hydrogens (tertiary/aromatic N) is 1. The lowest BCUT2D eigenvalue weighted by Gasteiger charge is -2.37. The molecule has 0 aliphatic carbocycles. The first-order valence-corrected chi connectivity index (χ1v) is 6.21. The smallest absolute Gasteiger partial charge is 0.0426 e. The van der Waals surface area contributed by atoms with Gasteiger partial charge in [0.1, 0.15) is 0 Å². The molecule has 0 aromatic heterocycles. The largest absolute Gasteiger partial charge is 0.369 e. The summed E-state index contributed by atoms with van der Waals surface area (Å²) in [5.41, 5.74) is 1.29. The summed E-state index contributed by atoms with van der Waals surface area (Å²) < 4.78 is 0. The van der Waals surface area contributed by atoms with E-state index >= 15 is 0 Å². The molecular formula is C13H18ClN. The van der Waals surface area contributed by atoms with Crippen molar-refractivity contribution in [3.05, 3.63) is 29.3 Å². The number of hydrogen-bond donors (Lipinski definition) is 0. The van der Waals surface area contributed by atoms with Crippen molar-refractivity contribution in [2.45, 2.75) is 38.6 Å². The summed E-state index contributed by atoms with van der Waals surface area (Å²) in [5.74, 6) is 0.